The van der Waals surface area contributed by atoms with Crippen molar-refractivity contribution in [1.82, 2.24) is 0 Å². The van der Waals surface area contributed by atoms with E-state index >= 15 is 0 Å². The maximum atomic E-state index is 10.4. The molecule has 0 atom stereocenters. The van der Waals surface area contributed by atoms with E-state index in [9.17, 15) is 8.42 Å². The summed E-state index contributed by atoms with van der Waals surface area (Å²) in [6, 6.07) is 0. The Hall–Kier alpha value is 0.720. The van der Waals surface area contributed by atoms with Gasteiger partial charge < -0.3 is 0 Å². The standard InChI is InChI=1S/C4H6BrClO2S/c5-4(1-2-4)3-9(6,7)8/h1-3H2. The average molecular weight is 234 g/mol. The van der Waals surface area contributed by atoms with E-state index in [-0.39, 0.29) is 10.1 Å². The zero-order chi connectivity index (χ0) is 7.12. The second kappa shape index (κ2) is 2.10. The van der Waals surface area contributed by atoms with Gasteiger partial charge in [-0.2, -0.15) is 0 Å². The molecule has 9 heavy (non-hydrogen) atoms. The van der Waals surface area contributed by atoms with Crippen LogP contribution in [0.3, 0.4) is 0 Å². The third-order valence-corrected chi connectivity index (χ3v) is 3.89. The fourth-order valence-corrected chi connectivity index (χ4v) is 3.62. The molecule has 0 aliphatic heterocycles. The monoisotopic (exact) mass is 232 g/mol. The SMILES string of the molecule is O=S(=O)(Cl)CC1(Br)CC1. The Morgan fingerprint density at radius 3 is 2.11 bits per heavy atom. The summed E-state index contributed by atoms with van der Waals surface area (Å²) < 4.78 is 20.7. The van der Waals surface area contributed by atoms with Crippen molar-refractivity contribution >= 4 is 35.7 Å². The quantitative estimate of drug-likeness (QED) is 0.535. The van der Waals surface area contributed by atoms with Gasteiger partial charge >= 0.3 is 0 Å². The lowest BCUT2D eigenvalue weighted by Gasteiger charge is -1.99. The predicted molar refractivity (Wildman–Crippen MR) is 40.5 cm³/mol. The van der Waals surface area contributed by atoms with Crippen molar-refractivity contribution in [3.63, 3.8) is 0 Å². The van der Waals surface area contributed by atoms with E-state index in [1.165, 1.54) is 0 Å². The zero-order valence-electron chi connectivity index (χ0n) is 4.60. The molecule has 0 unspecified atom stereocenters. The number of rotatable bonds is 2. The van der Waals surface area contributed by atoms with Crippen molar-refractivity contribution in [2.75, 3.05) is 5.75 Å². The molecule has 0 bridgehead atoms. The molecule has 0 spiro atoms. The second-order valence-corrected chi connectivity index (χ2v) is 6.79. The lowest BCUT2D eigenvalue weighted by Crippen LogP contribution is -2.10. The highest BCUT2D eigenvalue weighted by Gasteiger charge is 2.43. The molecule has 0 aromatic rings. The maximum Gasteiger partial charge on any atom is 0.233 e. The lowest BCUT2D eigenvalue weighted by atomic mass is 10.5. The van der Waals surface area contributed by atoms with E-state index in [2.05, 4.69) is 15.9 Å². The summed E-state index contributed by atoms with van der Waals surface area (Å²) in [4.78, 5) is 0. The average Bonchev–Trinajstić information content (AvgIpc) is 2.12. The molecule has 1 aliphatic carbocycles. The van der Waals surface area contributed by atoms with Gasteiger partial charge in [0.25, 0.3) is 0 Å². The second-order valence-electron chi connectivity index (χ2n) is 2.33. The number of halogens is 2. The van der Waals surface area contributed by atoms with Crippen LogP contribution in [0.25, 0.3) is 0 Å². The predicted octanol–water partition coefficient (Wildman–Crippen LogP) is 1.48. The zero-order valence-corrected chi connectivity index (χ0v) is 7.76. The number of hydrogen-bond donors (Lipinski definition) is 0. The first kappa shape index (κ1) is 7.82. The molecule has 1 saturated carbocycles. The molecule has 1 fully saturated rings. The van der Waals surface area contributed by atoms with Gasteiger partial charge in [0.05, 0.1) is 5.75 Å². The molecule has 54 valence electrons. The molecular weight excluding hydrogens is 227 g/mol. The Bertz CT molecular complexity index is 207. The van der Waals surface area contributed by atoms with Gasteiger partial charge in [-0.1, -0.05) is 15.9 Å². The van der Waals surface area contributed by atoms with Gasteiger partial charge in [0.2, 0.25) is 9.05 Å². The van der Waals surface area contributed by atoms with Crippen LogP contribution in [0.5, 0.6) is 0 Å². The van der Waals surface area contributed by atoms with Crippen LogP contribution in [0.2, 0.25) is 0 Å². The van der Waals surface area contributed by atoms with Crippen molar-refractivity contribution < 1.29 is 8.42 Å². The summed E-state index contributed by atoms with van der Waals surface area (Å²) in [5.74, 6) is 0.0571. The first-order chi connectivity index (χ1) is 3.91. The van der Waals surface area contributed by atoms with Crippen molar-refractivity contribution in [2.45, 2.75) is 17.2 Å². The molecule has 0 amide bonds. The van der Waals surface area contributed by atoms with Crippen molar-refractivity contribution in [1.29, 1.82) is 0 Å². The largest absolute Gasteiger partial charge is 0.233 e. The minimum absolute atomic E-state index is 0.0571. The third kappa shape index (κ3) is 2.87. The van der Waals surface area contributed by atoms with Crippen molar-refractivity contribution in [3.8, 4) is 0 Å². The van der Waals surface area contributed by atoms with Crippen LogP contribution in [0, 0.1) is 0 Å². The fourth-order valence-electron chi connectivity index (χ4n) is 0.589. The van der Waals surface area contributed by atoms with Crippen LogP contribution in [0.15, 0.2) is 0 Å². The Kier molecular flexibility index (Phi) is 1.83. The number of alkyl halides is 1. The first-order valence-electron chi connectivity index (χ1n) is 2.53. The smallest absolute Gasteiger partial charge is 0.212 e. The molecule has 1 aliphatic rings. The highest BCUT2D eigenvalue weighted by molar-refractivity contribution is 9.10. The summed E-state index contributed by atoms with van der Waals surface area (Å²) in [5.41, 5.74) is 0. The van der Waals surface area contributed by atoms with Gasteiger partial charge in [-0.25, -0.2) is 8.42 Å². The Morgan fingerprint density at radius 1 is 1.56 bits per heavy atom. The normalized spacial score (nSPS) is 23.8. The minimum atomic E-state index is -3.29. The molecule has 0 radical (unpaired) electrons. The summed E-state index contributed by atoms with van der Waals surface area (Å²) >= 11 is 3.26. The summed E-state index contributed by atoms with van der Waals surface area (Å²) in [7, 11) is 1.71. The van der Waals surface area contributed by atoms with E-state index in [4.69, 9.17) is 10.7 Å². The van der Waals surface area contributed by atoms with E-state index in [1.807, 2.05) is 0 Å². The highest BCUT2D eigenvalue weighted by atomic mass is 79.9. The fraction of sp³-hybridized carbons (Fsp3) is 1.00. The van der Waals surface area contributed by atoms with Crippen LogP contribution >= 0.6 is 26.6 Å². The number of hydrogen-bond acceptors (Lipinski definition) is 2. The molecule has 1 rings (SSSR count). The summed E-state index contributed by atoms with van der Waals surface area (Å²) in [6.45, 7) is 0. The van der Waals surface area contributed by atoms with Gasteiger partial charge in [-0.15, -0.1) is 0 Å². The molecule has 0 saturated heterocycles. The van der Waals surface area contributed by atoms with E-state index in [0.29, 0.717) is 0 Å². The maximum absolute atomic E-state index is 10.4. The van der Waals surface area contributed by atoms with Crippen molar-refractivity contribution in [3.05, 3.63) is 0 Å². The van der Waals surface area contributed by atoms with Gasteiger partial charge in [0, 0.05) is 15.0 Å². The van der Waals surface area contributed by atoms with Crippen molar-refractivity contribution in [2.24, 2.45) is 0 Å². The summed E-state index contributed by atoms with van der Waals surface area (Å²) in [5, 5.41) is 0. The Morgan fingerprint density at radius 2 is 2.00 bits per heavy atom. The highest BCUT2D eigenvalue weighted by Crippen LogP contribution is 2.45. The first-order valence-corrected chi connectivity index (χ1v) is 5.80. The molecule has 0 heterocycles. The topological polar surface area (TPSA) is 34.1 Å². The Balaban J connectivity index is 2.53. The Labute approximate surface area is 67.1 Å². The molecule has 5 heteroatoms. The third-order valence-electron chi connectivity index (χ3n) is 1.22. The van der Waals surface area contributed by atoms with Crippen LogP contribution in [-0.4, -0.2) is 18.5 Å². The van der Waals surface area contributed by atoms with Crippen LogP contribution in [-0.2, 0) is 9.05 Å². The molecule has 0 N–H and O–H groups in total. The van der Waals surface area contributed by atoms with Crippen LogP contribution < -0.4 is 0 Å². The molecule has 0 aromatic heterocycles. The molecule has 2 nitrogen and oxygen atoms in total. The van der Waals surface area contributed by atoms with E-state index in [0.717, 1.165) is 12.8 Å². The van der Waals surface area contributed by atoms with Gasteiger partial charge in [-0.05, 0) is 12.8 Å². The molecule has 0 aromatic carbocycles. The van der Waals surface area contributed by atoms with Gasteiger partial charge in [0.1, 0.15) is 0 Å². The van der Waals surface area contributed by atoms with E-state index in [1.54, 1.807) is 0 Å². The van der Waals surface area contributed by atoms with Gasteiger partial charge in [0.15, 0.2) is 0 Å². The van der Waals surface area contributed by atoms with Gasteiger partial charge in [-0.3, -0.25) is 0 Å². The summed E-state index contributed by atoms with van der Waals surface area (Å²) in [6.07, 6.45) is 1.83. The molecular formula is C4H6BrClO2S. The van der Waals surface area contributed by atoms with Crippen LogP contribution in [0.1, 0.15) is 12.8 Å². The van der Waals surface area contributed by atoms with Crippen LogP contribution in [0.4, 0.5) is 0 Å². The minimum Gasteiger partial charge on any atom is -0.212 e. The van der Waals surface area contributed by atoms with E-state index < -0.39 is 9.05 Å². The lowest BCUT2D eigenvalue weighted by molar-refractivity contribution is 0.608.